The first-order valence-electron chi connectivity index (χ1n) is 1.51. The van der Waals surface area contributed by atoms with Gasteiger partial charge in [-0.05, 0) is 12.5 Å². The van der Waals surface area contributed by atoms with Crippen molar-refractivity contribution in [3.63, 3.8) is 0 Å². The van der Waals surface area contributed by atoms with Crippen LogP contribution in [0.1, 0.15) is 6.92 Å². The molecule has 2 radical (unpaired) electrons. The van der Waals surface area contributed by atoms with Crippen molar-refractivity contribution in [3.05, 3.63) is 12.2 Å². The van der Waals surface area contributed by atoms with Gasteiger partial charge in [-0.1, -0.05) is 6.58 Å². The smallest absolute Gasteiger partial charge is 0.545 e. The van der Waals surface area contributed by atoms with E-state index in [4.69, 9.17) is 0 Å². The van der Waals surface area contributed by atoms with Crippen LogP contribution in [0.4, 0.5) is 0 Å². The maximum Gasteiger partial charge on any atom is 1.00 e. The molecule has 0 bridgehead atoms. The first-order chi connectivity index (χ1) is 2.64. The van der Waals surface area contributed by atoms with E-state index in [0.29, 0.717) is 0 Å². The fourth-order valence-electron chi connectivity index (χ4n) is 0. The molecular formula is C4H5FO2. The third-order valence-corrected chi connectivity index (χ3v) is 0.348. The van der Waals surface area contributed by atoms with Crippen LogP contribution in [0.2, 0.25) is 0 Å². The number of carboxylic acids is 1. The third kappa shape index (κ3) is 5.14. The average Bonchev–Trinajstić information content (AvgIpc) is 1.36. The predicted octanol–water partition coefficient (Wildman–Crippen LogP) is -0.688. The zero-order valence-electron chi connectivity index (χ0n) is 3.90. The lowest BCUT2D eigenvalue weighted by Crippen LogP contribution is -2.22. The van der Waals surface area contributed by atoms with Gasteiger partial charge in [0, 0.05) is 0 Å². The van der Waals surface area contributed by atoms with E-state index in [1.165, 1.54) is 6.92 Å². The molecule has 0 heterocycles. The number of rotatable bonds is 1. The van der Waals surface area contributed by atoms with E-state index < -0.39 is 5.97 Å². The second kappa shape index (κ2) is 3.33. The summed E-state index contributed by atoms with van der Waals surface area (Å²) in [6.45, 7) is 4.48. The molecule has 0 aromatic carbocycles. The van der Waals surface area contributed by atoms with E-state index in [-0.39, 0.29) is 10.3 Å². The molecule has 0 rings (SSSR count). The van der Waals surface area contributed by atoms with Crippen molar-refractivity contribution >= 4 is 5.97 Å². The monoisotopic (exact) mass is 104 g/mol. The topological polar surface area (TPSA) is 40.1 Å². The lowest BCUT2D eigenvalue weighted by Gasteiger charge is -1.93. The quantitative estimate of drug-likeness (QED) is 0.413. The van der Waals surface area contributed by atoms with E-state index in [1.54, 1.807) is 0 Å². The average molecular weight is 104 g/mol. The van der Waals surface area contributed by atoms with Gasteiger partial charge in [0.05, 0.1) is 5.97 Å². The summed E-state index contributed by atoms with van der Waals surface area (Å²) < 4.78 is 0. The fourth-order valence-corrected chi connectivity index (χ4v) is 0. The standard InChI is InChI=1S/C4H6O2.F/c1-3(2)4(5)6;/h1H2,2H3,(H,5,6);/q;+1/p-1. The Balaban J connectivity index is 0. The summed E-state index contributed by atoms with van der Waals surface area (Å²) in [4.78, 5) is 9.49. The van der Waals surface area contributed by atoms with E-state index in [1.807, 2.05) is 0 Å². The summed E-state index contributed by atoms with van der Waals surface area (Å²) in [6, 6.07) is 0. The van der Waals surface area contributed by atoms with Crippen LogP contribution in [0, 0.1) is 4.70 Å². The molecule has 0 saturated carbocycles. The molecule has 0 aliphatic rings. The van der Waals surface area contributed by atoms with Crippen LogP contribution in [0.5, 0.6) is 0 Å². The predicted molar refractivity (Wildman–Crippen MR) is 19.8 cm³/mol. The largest absolute Gasteiger partial charge is 1.00 e. The van der Waals surface area contributed by atoms with Crippen molar-refractivity contribution < 1.29 is 14.6 Å². The van der Waals surface area contributed by atoms with Gasteiger partial charge in [0.1, 0.15) is 0 Å². The molecule has 0 spiro atoms. The minimum Gasteiger partial charge on any atom is -0.545 e. The zero-order valence-corrected chi connectivity index (χ0v) is 3.90. The van der Waals surface area contributed by atoms with Crippen LogP contribution in [-0.2, 0) is 4.79 Å². The SMILES string of the molecule is C=C(C)C(=O)[O-].[F+]. The maximum absolute atomic E-state index is 9.49. The Morgan fingerprint density at radius 1 is 1.71 bits per heavy atom. The van der Waals surface area contributed by atoms with Crippen molar-refractivity contribution in [2.45, 2.75) is 6.92 Å². The summed E-state index contributed by atoms with van der Waals surface area (Å²) in [7, 11) is 0. The first kappa shape index (κ1) is 9.46. The normalized spacial score (nSPS) is 6.43. The van der Waals surface area contributed by atoms with Crippen molar-refractivity contribution in [1.82, 2.24) is 0 Å². The summed E-state index contributed by atoms with van der Waals surface area (Å²) in [5, 5.41) is 9.49. The van der Waals surface area contributed by atoms with Gasteiger partial charge in [0.15, 0.2) is 0 Å². The summed E-state index contributed by atoms with van der Waals surface area (Å²) in [6.07, 6.45) is 0. The molecule has 0 aromatic rings. The molecule has 0 aromatic heterocycles. The van der Waals surface area contributed by atoms with E-state index >= 15 is 0 Å². The number of hydrogen-bond donors (Lipinski definition) is 0. The van der Waals surface area contributed by atoms with Crippen molar-refractivity contribution in [3.8, 4) is 0 Å². The molecule has 0 fully saturated rings. The van der Waals surface area contributed by atoms with Gasteiger partial charge in [-0.25, -0.2) is 0 Å². The van der Waals surface area contributed by atoms with E-state index in [9.17, 15) is 9.90 Å². The lowest BCUT2D eigenvalue weighted by molar-refractivity contribution is -0.299. The Morgan fingerprint density at radius 3 is 1.86 bits per heavy atom. The number of carbonyl (C=O) groups excluding carboxylic acids is 1. The van der Waals surface area contributed by atoms with Gasteiger partial charge in [-0.3, -0.25) is 0 Å². The minimum absolute atomic E-state index is 0. The molecular weight excluding hydrogens is 99.0 g/mol. The number of aliphatic carboxylic acids is 1. The van der Waals surface area contributed by atoms with Crippen molar-refractivity contribution in [2.75, 3.05) is 0 Å². The summed E-state index contributed by atoms with van der Waals surface area (Å²) in [5.74, 6) is -1.19. The van der Waals surface area contributed by atoms with Gasteiger partial charge in [-0.15, -0.1) is 0 Å². The number of halogens is 1. The van der Waals surface area contributed by atoms with Crippen molar-refractivity contribution in [2.24, 2.45) is 0 Å². The summed E-state index contributed by atoms with van der Waals surface area (Å²) >= 11 is 0. The lowest BCUT2D eigenvalue weighted by atomic mass is 10.4. The minimum atomic E-state index is -1.19. The Morgan fingerprint density at radius 2 is 1.86 bits per heavy atom. The fraction of sp³-hybridized carbons (Fsp3) is 0.250. The molecule has 40 valence electrons. The highest BCUT2D eigenvalue weighted by Crippen LogP contribution is 1.77. The molecule has 0 N–H and O–H groups in total. The Kier molecular flexibility index (Phi) is 4.51. The second-order valence-corrected chi connectivity index (χ2v) is 1.07. The van der Waals surface area contributed by atoms with Gasteiger partial charge < -0.3 is 9.90 Å². The molecule has 2 nitrogen and oxygen atoms in total. The van der Waals surface area contributed by atoms with Crippen LogP contribution in [0.3, 0.4) is 0 Å². The van der Waals surface area contributed by atoms with E-state index in [2.05, 4.69) is 6.58 Å². The highest BCUT2D eigenvalue weighted by Gasteiger charge is 1.76. The first-order valence-corrected chi connectivity index (χ1v) is 1.51. The maximum atomic E-state index is 9.49. The van der Waals surface area contributed by atoms with Crippen LogP contribution in [0.15, 0.2) is 12.2 Å². The Labute approximate surface area is 40.8 Å². The van der Waals surface area contributed by atoms with Gasteiger partial charge >= 0.3 is 4.70 Å². The Hall–Kier alpha value is -0.860. The van der Waals surface area contributed by atoms with Crippen LogP contribution in [0.25, 0.3) is 0 Å². The highest BCUT2D eigenvalue weighted by molar-refractivity contribution is 5.82. The second-order valence-electron chi connectivity index (χ2n) is 1.07. The van der Waals surface area contributed by atoms with Crippen LogP contribution >= 0.6 is 0 Å². The van der Waals surface area contributed by atoms with E-state index in [0.717, 1.165) is 0 Å². The highest BCUT2D eigenvalue weighted by atomic mass is 19.0. The van der Waals surface area contributed by atoms with Gasteiger partial charge in [-0.2, -0.15) is 0 Å². The molecule has 0 saturated heterocycles. The van der Waals surface area contributed by atoms with Crippen LogP contribution in [-0.4, -0.2) is 5.97 Å². The molecule has 7 heavy (non-hydrogen) atoms. The molecule has 3 heteroatoms. The van der Waals surface area contributed by atoms with Crippen molar-refractivity contribution in [1.29, 1.82) is 0 Å². The third-order valence-electron chi connectivity index (χ3n) is 0.348. The molecule has 0 unspecified atom stereocenters. The van der Waals surface area contributed by atoms with Crippen LogP contribution < -0.4 is 5.11 Å². The molecule has 0 amide bonds. The number of carboxylic acid groups (broad SMARTS) is 1. The number of hydrogen-bond acceptors (Lipinski definition) is 2. The number of carbonyl (C=O) groups is 1. The Bertz CT molecular complexity index is 75.7. The molecule has 0 aliphatic heterocycles. The molecule has 0 atom stereocenters. The zero-order chi connectivity index (χ0) is 5.15. The van der Waals surface area contributed by atoms with Gasteiger partial charge in [0.2, 0.25) is 0 Å². The molecule has 0 aliphatic carbocycles. The summed E-state index contributed by atoms with van der Waals surface area (Å²) in [5.41, 5.74) is 0.0648. The van der Waals surface area contributed by atoms with Gasteiger partial charge in [0.25, 0.3) is 0 Å².